The van der Waals surface area contributed by atoms with Crippen molar-refractivity contribution in [1.29, 1.82) is 0 Å². The molecule has 222 valence electrons. The second kappa shape index (κ2) is 11.5. The third kappa shape index (κ3) is 5.33. The number of carbonyl (C=O) groups is 1. The Kier molecular flexibility index (Phi) is 7.35. The van der Waals surface area contributed by atoms with Crippen LogP contribution in [0.25, 0.3) is 33.3 Å². The number of halogens is 3. The van der Waals surface area contributed by atoms with Gasteiger partial charge in [0.1, 0.15) is 23.1 Å². The molecule has 0 bridgehead atoms. The molecule has 7 nitrogen and oxygen atoms in total. The highest BCUT2D eigenvalue weighted by molar-refractivity contribution is 6.30. The van der Waals surface area contributed by atoms with Crippen molar-refractivity contribution in [2.75, 3.05) is 13.7 Å². The van der Waals surface area contributed by atoms with Crippen LogP contribution in [0, 0.1) is 11.6 Å². The number of esters is 1. The zero-order valence-corrected chi connectivity index (χ0v) is 24.5. The normalized spacial score (nSPS) is 14.7. The number of aromatic nitrogens is 4. The lowest BCUT2D eigenvalue weighted by Crippen LogP contribution is -2.31. The van der Waals surface area contributed by atoms with Gasteiger partial charge in [0, 0.05) is 40.8 Å². The van der Waals surface area contributed by atoms with Crippen LogP contribution in [0.1, 0.15) is 33.7 Å². The topological polar surface area (TPSA) is 71.2 Å². The zero-order valence-electron chi connectivity index (χ0n) is 23.8. The molecule has 10 heteroatoms. The Morgan fingerprint density at radius 3 is 2.57 bits per heavy atom. The minimum absolute atomic E-state index is 0.0382. The van der Waals surface area contributed by atoms with Gasteiger partial charge in [-0.1, -0.05) is 29.8 Å². The Balaban J connectivity index is 1.19. The largest absolute Gasteiger partial charge is 0.465 e. The predicted octanol–water partition coefficient (Wildman–Crippen LogP) is 7.20. The first-order valence-electron chi connectivity index (χ1n) is 14.2. The van der Waals surface area contributed by atoms with Crippen molar-refractivity contribution in [3.8, 4) is 11.3 Å². The molecule has 0 aliphatic carbocycles. The molecule has 6 aromatic rings. The molecule has 0 spiro atoms. The number of fused-ring (bicyclic) bond motifs is 2. The molecule has 0 amide bonds. The van der Waals surface area contributed by atoms with Gasteiger partial charge in [0.2, 0.25) is 0 Å². The van der Waals surface area contributed by atoms with Crippen molar-refractivity contribution in [1.82, 2.24) is 19.1 Å². The molecule has 3 aromatic heterocycles. The lowest BCUT2D eigenvalue weighted by Gasteiger charge is -2.27. The van der Waals surface area contributed by atoms with Crippen molar-refractivity contribution in [2.24, 2.45) is 0 Å². The molecule has 0 unspecified atom stereocenters. The lowest BCUT2D eigenvalue weighted by molar-refractivity contribution is -0.0589. The molecule has 7 rings (SSSR count). The predicted molar refractivity (Wildman–Crippen MR) is 164 cm³/mol. The minimum Gasteiger partial charge on any atom is -0.465 e. The number of hydrogen-bond acceptors (Lipinski definition) is 5. The highest BCUT2D eigenvalue weighted by Gasteiger charge is 2.23. The fraction of sp³-hybridized carbons (Fsp3) is 0.206. The second-order valence-corrected chi connectivity index (χ2v) is 11.3. The van der Waals surface area contributed by atoms with Crippen molar-refractivity contribution in [3.63, 3.8) is 0 Å². The van der Waals surface area contributed by atoms with E-state index in [0.717, 1.165) is 17.3 Å². The quantitative estimate of drug-likeness (QED) is 0.170. The van der Waals surface area contributed by atoms with E-state index in [4.69, 9.17) is 31.0 Å². The average molecular weight is 613 g/mol. The Labute approximate surface area is 256 Å². The van der Waals surface area contributed by atoms with Crippen molar-refractivity contribution >= 4 is 39.6 Å². The van der Waals surface area contributed by atoms with Crippen LogP contribution in [0.15, 0.2) is 79.0 Å². The van der Waals surface area contributed by atoms with E-state index in [1.165, 1.54) is 19.2 Å². The number of imidazole rings is 1. The maximum absolute atomic E-state index is 15.7. The summed E-state index contributed by atoms with van der Waals surface area (Å²) in [6.07, 6.45) is 3.07. The summed E-state index contributed by atoms with van der Waals surface area (Å²) in [7, 11) is 1.34. The number of nitrogens with zero attached hydrogens (tertiary/aromatic N) is 4. The molecule has 0 saturated carbocycles. The van der Waals surface area contributed by atoms with E-state index < -0.39 is 5.97 Å². The summed E-state index contributed by atoms with van der Waals surface area (Å²) in [5.41, 5.74) is 4.77. The first-order valence-corrected chi connectivity index (χ1v) is 14.6. The summed E-state index contributed by atoms with van der Waals surface area (Å²) in [6.45, 7) is 1.54. The highest BCUT2D eigenvalue weighted by atomic mass is 35.5. The van der Waals surface area contributed by atoms with Gasteiger partial charge in [-0.15, -0.1) is 0 Å². The average Bonchev–Trinajstić information content (AvgIpc) is 3.56. The molecule has 44 heavy (non-hydrogen) atoms. The lowest BCUT2D eigenvalue weighted by atomic mass is 10.0. The van der Waals surface area contributed by atoms with Crippen LogP contribution in [-0.2, 0) is 29.0 Å². The van der Waals surface area contributed by atoms with E-state index >= 15 is 4.39 Å². The van der Waals surface area contributed by atoms with Crippen LogP contribution < -0.4 is 0 Å². The summed E-state index contributed by atoms with van der Waals surface area (Å²) >= 11 is 5.91. The van der Waals surface area contributed by atoms with E-state index in [9.17, 15) is 9.18 Å². The smallest absolute Gasteiger partial charge is 0.337 e. The zero-order chi connectivity index (χ0) is 30.4. The summed E-state index contributed by atoms with van der Waals surface area (Å²) in [4.78, 5) is 21.8. The number of methoxy groups -OCH3 is 1. The van der Waals surface area contributed by atoms with Gasteiger partial charge in [-0.05, 0) is 66.6 Å². The summed E-state index contributed by atoms with van der Waals surface area (Å²) in [6, 6.07) is 20.6. The van der Waals surface area contributed by atoms with E-state index in [-0.39, 0.29) is 30.7 Å². The summed E-state index contributed by atoms with van der Waals surface area (Å²) in [5.74, 6) is -0.516. The maximum atomic E-state index is 15.7. The molecule has 1 atom stereocenters. The fourth-order valence-electron chi connectivity index (χ4n) is 5.59. The molecule has 0 radical (unpaired) electrons. The number of pyridine rings is 1. The van der Waals surface area contributed by atoms with Gasteiger partial charge in [-0.2, -0.15) is 0 Å². The van der Waals surface area contributed by atoms with Gasteiger partial charge in [-0.25, -0.2) is 23.5 Å². The highest BCUT2D eigenvalue weighted by Crippen LogP contribution is 2.28. The molecule has 3 aromatic carbocycles. The van der Waals surface area contributed by atoms with E-state index in [1.54, 1.807) is 36.4 Å². The minimum atomic E-state index is -0.432. The molecule has 1 aliphatic rings. The molecule has 1 fully saturated rings. The van der Waals surface area contributed by atoms with Crippen LogP contribution >= 0.6 is 11.6 Å². The Morgan fingerprint density at radius 2 is 1.82 bits per heavy atom. The molecule has 0 N–H and O–H groups in total. The van der Waals surface area contributed by atoms with Crippen LogP contribution in [0.2, 0.25) is 5.02 Å². The van der Waals surface area contributed by atoms with Crippen LogP contribution in [0.4, 0.5) is 8.78 Å². The second-order valence-electron chi connectivity index (χ2n) is 10.9. The van der Waals surface area contributed by atoms with Gasteiger partial charge in [-0.3, -0.25) is 0 Å². The van der Waals surface area contributed by atoms with E-state index in [1.807, 2.05) is 39.6 Å². The van der Waals surface area contributed by atoms with Crippen LogP contribution in [0.3, 0.4) is 0 Å². The van der Waals surface area contributed by atoms with E-state index in [2.05, 4.69) is 0 Å². The van der Waals surface area contributed by atoms with Gasteiger partial charge < -0.3 is 18.6 Å². The third-order valence-corrected chi connectivity index (χ3v) is 8.33. The number of carbonyl (C=O) groups excluding carboxylic acids is 1. The van der Waals surface area contributed by atoms with Gasteiger partial charge in [0.25, 0.3) is 0 Å². The molecular weight excluding hydrogens is 586 g/mol. The monoisotopic (exact) mass is 612 g/mol. The standard InChI is InChI=1S/C34H27ClF2N4O3/c1-43-34(42)23-6-9-30-31(15-23)41(19-26-11-13-44-26)32(38-30)16-21-2-3-22(14-27(21)36)29-8-5-20-10-12-40(33(20)39-29)18-24-4-7-25(35)17-28(24)37/h2-10,12,14-15,17,26H,11,13,16,18-19H2,1H3/t26-/m0/s1. The first kappa shape index (κ1) is 28.2. The van der Waals surface area contributed by atoms with Crippen molar-refractivity contribution in [2.45, 2.75) is 32.0 Å². The van der Waals surface area contributed by atoms with Crippen molar-refractivity contribution < 1.29 is 23.0 Å². The third-order valence-electron chi connectivity index (χ3n) is 8.09. The Bertz CT molecular complexity index is 2050. The number of benzene rings is 3. The Hall–Kier alpha value is -4.60. The molecule has 4 heterocycles. The van der Waals surface area contributed by atoms with Crippen LogP contribution in [0.5, 0.6) is 0 Å². The summed E-state index contributed by atoms with van der Waals surface area (Å²) in [5, 5.41) is 1.23. The van der Waals surface area contributed by atoms with Gasteiger partial charge in [0.05, 0.1) is 48.6 Å². The van der Waals surface area contributed by atoms with Crippen LogP contribution in [-0.4, -0.2) is 44.9 Å². The first-order chi connectivity index (χ1) is 21.4. The number of rotatable bonds is 8. The fourth-order valence-corrected chi connectivity index (χ4v) is 5.75. The molecule has 1 saturated heterocycles. The molecule has 1 aliphatic heterocycles. The summed E-state index contributed by atoms with van der Waals surface area (Å²) < 4.78 is 44.6. The Morgan fingerprint density at radius 1 is 1.00 bits per heavy atom. The van der Waals surface area contributed by atoms with E-state index in [0.29, 0.717) is 63.1 Å². The number of hydrogen-bond donors (Lipinski definition) is 0. The van der Waals surface area contributed by atoms with Gasteiger partial charge >= 0.3 is 5.97 Å². The van der Waals surface area contributed by atoms with Gasteiger partial charge in [0.15, 0.2) is 0 Å². The maximum Gasteiger partial charge on any atom is 0.337 e. The number of ether oxygens (including phenoxy) is 2. The van der Waals surface area contributed by atoms with Crippen molar-refractivity contribution in [3.05, 3.63) is 118 Å². The SMILES string of the molecule is COC(=O)c1ccc2nc(Cc3ccc(-c4ccc5ccn(Cc6ccc(Cl)cc6F)c5n4)cc3F)n(C[C@@H]3CCO3)c2c1. The molecular formula is C34H27ClF2N4O3.